The number of rotatable bonds is 2. The fraction of sp³-hybridized carbons (Fsp3) is 0. The van der Waals surface area contributed by atoms with E-state index in [1.807, 2.05) is 24.3 Å². The highest BCUT2D eigenvalue weighted by atomic mass is 35.5. The summed E-state index contributed by atoms with van der Waals surface area (Å²) in [5.74, 6) is -0.0223. The van der Waals surface area contributed by atoms with Crippen LogP contribution in [0.25, 0.3) is 11.3 Å². The van der Waals surface area contributed by atoms with Gasteiger partial charge in [0, 0.05) is 18.0 Å². The topological polar surface area (TPSA) is 75.7 Å². The maximum absolute atomic E-state index is 7.30. The Labute approximate surface area is 99.5 Å². The molecule has 0 aliphatic carbocycles. The number of aromatic nitrogens is 2. The van der Waals surface area contributed by atoms with E-state index in [9.17, 15) is 0 Å². The van der Waals surface area contributed by atoms with E-state index in [-0.39, 0.29) is 18.2 Å². The molecule has 16 heavy (non-hydrogen) atoms. The molecular formula is C11H11ClN4. The molecule has 0 unspecified atom stereocenters. The molecule has 0 saturated heterocycles. The Bertz CT molecular complexity index is 484. The quantitative estimate of drug-likeness (QED) is 0.615. The lowest BCUT2D eigenvalue weighted by atomic mass is 10.1. The molecule has 2 aromatic heterocycles. The predicted molar refractivity (Wildman–Crippen MR) is 65.7 cm³/mol. The monoisotopic (exact) mass is 234 g/mol. The van der Waals surface area contributed by atoms with Gasteiger partial charge in [-0.3, -0.25) is 10.4 Å². The van der Waals surface area contributed by atoms with Crippen LogP contribution in [-0.2, 0) is 0 Å². The molecule has 3 N–H and O–H groups in total. The lowest BCUT2D eigenvalue weighted by molar-refractivity contribution is 1.24. The smallest absolute Gasteiger partial charge is 0.141 e. The van der Waals surface area contributed by atoms with Gasteiger partial charge in [-0.1, -0.05) is 6.07 Å². The summed E-state index contributed by atoms with van der Waals surface area (Å²) in [6, 6.07) is 9.16. The van der Waals surface area contributed by atoms with E-state index in [1.54, 1.807) is 18.5 Å². The average molecular weight is 235 g/mol. The molecule has 4 nitrogen and oxygen atoms in total. The summed E-state index contributed by atoms with van der Waals surface area (Å²) in [5, 5.41) is 7.30. The minimum Gasteiger partial charge on any atom is -0.382 e. The summed E-state index contributed by atoms with van der Waals surface area (Å²) in [6.07, 6.45) is 3.41. The number of nitrogens with zero attached hydrogens (tertiary/aromatic N) is 2. The van der Waals surface area contributed by atoms with Crippen molar-refractivity contribution in [3.05, 3.63) is 48.4 Å². The van der Waals surface area contributed by atoms with E-state index in [1.165, 1.54) is 0 Å². The van der Waals surface area contributed by atoms with E-state index >= 15 is 0 Å². The average Bonchev–Trinajstić information content (AvgIpc) is 2.30. The largest absolute Gasteiger partial charge is 0.382 e. The first-order valence-electron chi connectivity index (χ1n) is 4.49. The van der Waals surface area contributed by atoms with Crippen molar-refractivity contribution in [1.29, 1.82) is 5.41 Å². The first-order chi connectivity index (χ1) is 7.27. The van der Waals surface area contributed by atoms with Gasteiger partial charge in [-0.05, 0) is 24.3 Å². The van der Waals surface area contributed by atoms with Gasteiger partial charge < -0.3 is 5.73 Å². The molecule has 2 aromatic rings. The van der Waals surface area contributed by atoms with Gasteiger partial charge in [0.25, 0.3) is 0 Å². The zero-order chi connectivity index (χ0) is 10.7. The number of pyridine rings is 2. The zero-order valence-corrected chi connectivity index (χ0v) is 9.24. The first kappa shape index (κ1) is 12.1. The number of nitrogens with one attached hydrogen (secondary N) is 1. The van der Waals surface area contributed by atoms with Crippen LogP contribution >= 0.6 is 12.4 Å². The molecule has 0 aliphatic rings. The van der Waals surface area contributed by atoms with Crippen molar-refractivity contribution in [3.8, 4) is 11.3 Å². The zero-order valence-electron chi connectivity index (χ0n) is 8.42. The second kappa shape index (κ2) is 5.23. The van der Waals surface area contributed by atoms with E-state index in [4.69, 9.17) is 11.1 Å². The van der Waals surface area contributed by atoms with Crippen LogP contribution in [0.5, 0.6) is 0 Å². The number of nitrogens with two attached hydrogens (primary N) is 1. The van der Waals surface area contributed by atoms with Crippen molar-refractivity contribution in [2.75, 3.05) is 0 Å². The highest BCUT2D eigenvalue weighted by molar-refractivity contribution is 5.93. The van der Waals surface area contributed by atoms with Crippen LogP contribution in [-0.4, -0.2) is 15.8 Å². The van der Waals surface area contributed by atoms with Gasteiger partial charge in [-0.15, -0.1) is 12.4 Å². The molecule has 0 fully saturated rings. The third kappa shape index (κ3) is 2.55. The van der Waals surface area contributed by atoms with E-state index in [2.05, 4.69) is 9.97 Å². The van der Waals surface area contributed by atoms with Gasteiger partial charge in [-0.2, -0.15) is 0 Å². The molecular weight excluding hydrogens is 224 g/mol. The Kier molecular flexibility index (Phi) is 3.96. The summed E-state index contributed by atoms with van der Waals surface area (Å²) in [6.45, 7) is 0. The van der Waals surface area contributed by atoms with Crippen LogP contribution in [0.1, 0.15) is 5.69 Å². The van der Waals surface area contributed by atoms with Crippen LogP contribution in [0.2, 0.25) is 0 Å². The van der Waals surface area contributed by atoms with Gasteiger partial charge in [0.2, 0.25) is 0 Å². The number of amidine groups is 1. The summed E-state index contributed by atoms with van der Waals surface area (Å²) in [4.78, 5) is 8.20. The summed E-state index contributed by atoms with van der Waals surface area (Å²) >= 11 is 0. The Hall–Kier alpha value is -1.94. The molecule has 5 heteroatoms. The Balaban J connectivity index is 0.00000128. The van der Waals surface area contributed by atoms with Crippen molar-refractivity contribution < 1.29 is 0 Å². The Morgan fingerprint density at radius 3 is 2.44 bits per heavy atom. The number of nitrogen functional groups attached to an aromatic ring is 1. The van der Waals surface area contributed by atoms with Gasteiger partial charge in [0.15, 0.2) is 0 Å². The van der Waals surface area contributed by atoms with Gasteiger partial charge >= 0.3 is 0 Å². The minimum atomic E-state index is -0.0223. The molecule has 0 atom stereocenters. The molecule has 2 heterocycles. The maximum atomic E-state index is 7.30. The molecule has 0 aromatic carbocycles. The summed E-state index contributed by atoms with van der Waals surface area (Å²) in [5.41, 5.74) is 7.62. The van der Waals surface area contributed by atoms with Crippen molar-refractivity contribution in [1.82, 2.24) is 9.97 Å². The van der Waals surface area contributed by atoms with Gasteiger partial charge in [0.1, 0.15) is 11.5 Å². The highest BCUT2D eigenvalue weighted by Crippen LogP contribution is 2.15. The summed E-state index contributed by atoms with van der Waals surface area (Å²) in [7, 11) is 0. The van der Waals surface area contributed by atoms with Crippen molar-refractivity contribution in [2.45, 2.75) is 0 Å². The van der Waals surface area contributed by atoms with Gasteiger partial charge in [0.05, 0.1) is 5.69 Å². The molecule has 0 radical (unpaired) electrons. The van der Waals surface area contributed by atoms with Crippen LogP contribution < -0.4 is 5.73 Å². The van der Waals surface area contributed by atoms with Crippen LogP contribution in [0.15, 0.2) is 42.7 Å². The first-order valence-corrected chi connectivity index (χ1v) is 4.49. The lowest BCUT2D eigenvalue weighted by Gasteiger charge is -2.02. The SMILES string of the molecule is Cl.N=C(N)c1cccc(-c2ccncc2)n1. The van der Waals surface area contributed by atoms with Crippen LogP contribution in [0.3, 0.4) is 0 Å². The standard InChI is InChI=1S/C11H10N4.ClH/c12-11(13)10-3-1-2-9(15-10)8-4-6-14-7-5-8;/h1-7H,(H3,12,13);1H. The third-order valence-corrected chi connectivity index (χ3v) is 2.00. The Morgan fingerprint density at radius 2 is 1.81 bits per heavy atom. The van der Waals surface area contributed by atoms with E-state index in [0.29, 0.717) is 5.69 Å². The van der Waals surface area contributed by atoms with Crippen molar-refractivity contribution >= 4 is 18.2 Å². The fourth-order valence-corrected chi connectivity index (χ4v) is 1.27. The summed E-state index contributed by atoms with van der Waals surface area (Å²) < 4.78 is 0. The fourth-order valence-electron chi connectivity index (χ4n) is 1.27. The van der Waals surface area contributed by atoms with E-state index < -0.39 is 0 Å². The number of hydrogen-bond donors (Lipinski definition) is 2. The highest BCUT2D eigenvalue weighted by Gasteiger charge is 2.01. The molecule has 82 valence electrons. The maximum Gasteiger partial charge on any atom is 0.141 e. The predicted octanol–water partition coefficient (Wildman–Crippen LogP) is 1.85. The van der Waals surface area contributed by atoms with Crippen LogP contribution in [0, 0.1) is 5.41 Å². The molecule has 0 aliphatic heterocycles. The lowest BCUT2D eigenvalue weighted by Crippen LogP contribution is -2.13. The third-order valence-electron chi connectivity index (χ3n) is 2.00. The van der Waals surface area contributed by atoms with Gasteiger partial charge in [-0.25, -0.2) is 4.98 Å². The molecule has 0 amide bonds. The van der Waals surface area contributed by atoms with E-state index in [0.717, 1.165) is 11.3 Å². The Morgan fingerprint density at radius 1 is 1.12 bits per heavy atom. The normalized spacial score (nSPS) is 9.25. The second-order valence-corrected chi connectivity index (χ2v) is 3.06. The number of halogens is 1. The van der Waals surface area contributed by atoms with Crippen molar-refractivity contribution in [2.24, 2.45) is 5.73 Å². The minimum absolute atomic E-state index is 0. The molecule has 0 saturated carbocycles. The van der Waals surface area contributed by atoms with Crippen molar-refractivity contribution in [3.63, 3.8) is 0 Å². The van der Waals surface area contributed by atoms with Crippen LogP contribution in [0.4, 0.5) is 0 Å². The molecule has 0 spiro atoms. The molecule has 2 rings (SSSR count). The number of hydrogen-bond acceptors (Lipinski definition) is 3. The second-order valence-electron chi connectivity index (χ2n) is 3.06. The molecule has 0 bridgehead atoms.